The number of hydrogen-bond donors (Lipinski definition) is 1. The van der Waals surface area contributed by atoms with Crippen LogP contribution in [0.5, 0.6) is 0 Å². The predicted molar refractivity (Wildman–Crippen MR) is 83.6 cm³/mol. The molecule has 4 nitrogen and oxygen atoms in total. The number of allylic oxidation sites excluding steroid dienone is 1. The number of ketones is 1. The molecule has 1 aromatic carbocycles. The maximum atomic E-state index is 12.4. The van der Waals surface area contributed by atoms with Gasteiger partial charge in [-0.2, -0.15) is 5.12 Å². The van der Waals surface area contributed by atoms with Crippen LogP contribution in [0.4, 0.5) is 0 Å². The number of likely N-dealkylation sites (N-methyl/N-ethyl adjacent to an activating group) is 1. The Hall–Kier alpha value is -0.880. The van der Waals surface area contributed by atoms with Crippen LogP contribution in [0.2, 0.25) is 0 Å². The third-order valence-corrected chi connectivity index (χ3v) is 4.40. The first-order chi connectivity index (χ1) is 9.45. The molecule has 108 valence electrons. The number of hydrazine groups is 2. The summed E-state index contributed by atoms with van der Waals surface area (Å²) in [4.78, 5) is 12.4. The molecule has 0 radical (unpaired) electrons. The molecule has 2 N–H and O–H groups in total. The van der Waals surface area contributed by atoms with E-state index in [9.17, 15) is 4.79 Å². The summed E-state index contributed by atoms with van der Waals surface area (Å²) in [6, 6.07) is 7.55. The Morgan fingerprint density at radius 3 is 2.50 bits per heavy atom. The fraction of sp³-hybridized carbons (Fsp3) is 0.357. The van der Waals surface area contributed by atoms with Crippen LogP contribution >= 0.6 is 27.5 Å². The zero-order valence-electron chi connectivity index (χ0n) is 11.4. The Labute approximate surface area is 132 Å². The molecule has 0 saturated carbocycles. The molecule has 0 aromatic heterocycles. The predicted octanol–water partition coefficient (Wildman–Crippen LogP) is 2.83. The van der Waals surface area contributed by atoms with Gasteiger partial charge in [-0.3, -0.25) is 9.80 Å². The van der Waals surface area contributed by atoms with Crippen molar-refractivity contribution in [1.29, 1.82) is 0 Å². The molecule has 6 heteroatoms. The molecule has 1 aliphatic heterocycles. The van der Waals surface area contributed by atoms with Crippen molar-refractivity contribution in [3.8, 4) is 0 Å². The molecule has 1 aliphatic rings. The number of rotatable bonds is 4. The largest absolute Gasteiger partial charge is 0.292 e. The van der Waals surface area contributed by atoms with Crippen LogP contribution in [0.3, 0.4) is 0 Å². The van der Waals surface area contributed by atoms with Crippen molar-refractivity contribution in [3.63, 3.8) is 0 Å². The Morgan fingerprint density at radius 2 is 2.00 bits per heavy atom. The van der Waals surface area contributed by atoms with E-state index < -0.39 is 0 Å². The maximum Gasteiger partial charge on any atom is 0.185 e. The quantitative estimate of drug-likeness (QED) is 0.841. The number of carbonyl (C=O) groups is 1. The van der Waals surface area contributed by atoms with Crippen molar-refractivity contribution < 1.29 is 4.79 Å². The highest BCUT2D eigenvalue weighted by atomic mass is 79.9. The minimum Gasteiger partial charge on any atom is -0.292 e. The minimum atomic E-state index is -0.120. The lowest BCUT2D eigenvalue weighted by Crippen LogP contribution is -2.46. The molecule has 0 fully saturated rings. The van der Waals surface area contributed by atoms with Crippen molar-refractivity contribution in [1.82, 2.24) is 10.1 Å². The summed E-state index contributed by atoms with van der Waals surface area (Å²) in [5.74, 6) is 5.92. The van der Waals surface area contributed by atoms with E-state index in [1.165, 1.54) is 5.12 Å². The summed E-state index contributed by atoms with van der Waals surface area (Å²) in [6.07, 6.45) is 1.07. The van der Waals surface area contributed by atoms with Crippen LogP contribution in [-0.4, -0.2) is 29.0 Å². The Kier molecular flexibility index (Phi) is 4.86. The van der Waals surface area contributed by atoms with Gasteiger partial charge in [-0.25, -0.2) is 5.84 Å². The average molecular weight is 359 g/mol. The van der Waals surface area contributed by atoms with E-state index in [2.05, 4.69) is 15.9 Å². The van der Waals surface area contributed by atoms with Crippen molar-refractivity contribution in [3.05, 3.63) is 45.0 Å². The van der Waals surface area contributed by atoms with Gasteiger partial charge >= 0.3 is 0 Å². The topological polar surface area (TPSA) is 49.6 Å². The molecule has 1 unspecified atom stereocenters. The van der Waals surface area contributed by atoms with Crippen LogP contribution in [0.25, 0.3) is 0 Å². The number of halogens is 2. The molecule has 0 spiro atoms. The van der Waals surface area contributed by atoms with E-state index in [4.69, 9.17) is 17.4 Å². The van der Waals surface area contributed by atoms with Crippen molar-refractivity contribution in [2.75, 3.05) is 7.05 Å². The van der Waals surface area contributed by atoms with Crippen LogP contribution < -0.4 is 5.84 Å². The highest BCUT2D eigenvalue weighted by Gasteiger charge is 2.36. The second kappa shape index (κ2) is 6.26. The molecule has 0 bridgehead atoms. The smallest absolute Gasteiger partial charge is 0.185 e. The number of Topliss-reactive ketones (excluding diaryl/α,β-unsaturated/α-hetero) is 1. The SMILES string of the molecule is CCC1C(Cl)=C(C(=O)Cc2ccc(Br)cc2)N(C)N1N. The molecule has 0 amide bonds. The van der Waals surface area contributed by atoms with E-state index >= 15 is 0 Å². The first kappa shape index (κ1) is 15.5. The third kappa shape index (κ3) is 2.91. The summed E-state index contributed by atoms with van der Waals surface area (Å²) < 4.78 is 0.989. The van der Waals surface area contributed by atoms with Gasteiger partial charge in [0.25, 0.3) is 0 Å². The standard InChI is InChI=1S/C14H17BrClN3O/c1-3-11-13(16)14(18(2)19(11)17)12(20)8-9-4-6-10(15)7-5-9/h4-7,11H,3,8,17H2,1-2H3. The lowest BCUT2D eigenvalue weighted by atomic mass is 10.1. The monoisotopic (exact) mass is 357 g/mol. The number of carbonyl (C=O) groups excluding carboxylic acids is 1. The fourth-order valence-electron chi connectivity index (χ4n) is 2.30. The van der Waals surface area contributed by atoms with E-state index in [1.54, 1.807) is 12.1 Å². The zero-order valence-corrected chi connectivity index (χ0v) is 13.8. The fourth-order valence-corrected chi connectivity index (χ4v) is 3.05. The van der Waals surface area contributed by atoms with Gasteiger partial charge in [0.2, 0.25) is 0 Å². The molecule has 0 saturated heterocycles. The van der Waals surface area contributed by atoms with Gasteiger partial charge in [0, 0.05) is 17.9 Å². The van der Waals surface area contributed by atoms with Crippen LogP contribution in [-0.2, 0) is 11.2 Å². The summed E-state index contributed by atoms with van der Waals surface area (Å²) in [6.45, 7) is 1.99. The summed E-state index contributed by atoms with van der Waals surface area (Å²) >= 11 is 9.68. The summed E-state index contributed by atoms with van der Waals surface area (Å²) in [5, 5.41) is 3.68. The molecule has 20 heavy (non-hydrogen) atoms. The van der Waals surface area contributed by atoms with Gasteiger partial charge in [-0.05, 0) is 24.1 Å². The van der Waals surface area contributed by atoms with E-state index in [1.807, 2.05) is 31.2 Å². The maximum absolute atomic E-state index is 12.4. The highest BCUT2D eigenvalue weighted by Crippen LogP contribution is 2.31. The number of benzene rings is 1. The van der Waals surface area contributed by atoms with Gasteiger partial charge in [-0.15, -0.1) is 0 Å². The Bertz CT molecular complexity index is 544. The van der Waals surface area contributed by atoms with Crippen molar-refractivity contribution >= 4 is 33.3 Å². The zero-order chi connectivity index (χ0) is 14.9. The van der Waals surface area contributed by atoms with Crippen molar-refractivity contribution in [2.24, 2.45) is 5.84 Å². The number of nitrogens with zero attached hydrogens (tertiary/aromatic N) is 2. The van der Waals surface area contributed by atoms with E-state index in [0.29, 0.717) is 17.2 Å². The van der Waals surface area contributed by atoms with Crippen LogP contribution in [0.15, 0.2) is 39.5 Å². The highest BCUT2D eigenvalue weighted by molar-refractivity contribution is 9.10. The molecule has 2 rings (SSSR count). The van der Waals surface area contributed by atoms with Crippen LogP contribution in [0.1, 0.15) is 18.9 Å². The molecular formula is C14H17BrClN3O. The molecule has 1 atom stereocenters. The molecule has 0 aliphatic carbocycles. The van der Waals surface area contributed by atoms with Gasteiger partial charge in [0.05, 0.1) is 11.1 Å². The third-order valence-electron chi connectivity index (χ3n) is 3.44. The lowest BCUT2D eigenvalue weighted by molar-refractivity contribution is -0.118. The average Bonchev–Trinajstić information content (AvgIpc) is 2.63. The summed E-state index contributed by atoms with van der Waals surface area (Å²) in [5.41, 5.74) is 1.44. The normalized spacial score (nSPS) is 19.9. The Balaban J connectivity index is 2.20. The molecule has 1 aromatic rings. The number of hydrogen-bond acceptors (Lipinski definition) is 4. The molecule has 1 heterocycles. The van der Waals surface area contributed by atoms with Crippen molar-refractivity contribution in [2.45, 2.75) is 25.8 Å². The second-order valence-electron chi connectivity index (χ2n) is 4.75. The van der Waals surface area contributed by atoms with Crippen LogP contribution in [0, 0.1) is 0 Å². The van der Waals surface area contributed by atoms with Gasteiger partial charge < -0.3 is 0 Å². The number of nitrogens with two attached hydrogens (primary N) is 1. The van der Waals surface area contributed by atoms with Gasteiger partial charge in [-0.1, -0.05) is 46.6 Å². The first-order valence-electron chi connectivity index (χ1n) is 6.40. The van der Waals surface area contributed by atoms with E-state index in [0.717, 1.165) is 16.5 Å². The molecular weight excluding hydrogens is 342 g/mol. The summed E-state index contributed by atoms with van der Waals surface area (Å²) in [7, 11) is 1.76. The Morgan fingerprint density at radius 1 is 1.40 bits per heavy atom. The van der Waals surface area contributed by atoms with Gasteiger partial charge in [0.1, 0.15) is 5.70 Å². The lowest BCUT2D eigenvalue weighted by Gasteiger charge is -2.26. The first-order valence-corrected chi connectivity index (χ1v) is 7.57. The minimum absolute atomic E-state index is 0.0220. The van der Waals surface area contributed by atoms with E-state index in [-0.39, 0.29) is 11.8 Å². The van der Waals surface area contributed by atoms with Gasteiger partial charge in [0.15, 0.2) is 5.78 Å². The second-order valence-corrected chi connectivity index (χ2v) is 6.07.